The van der Waals surface area contributed by atoms with Gasteiger partial charge in [0, 0.05) is 23.0 Å². The van der Waals surface area contributed by atoms with Crippen molar-refractivity contribution in [3.05, 3.63) is 33.9 Å². The molecule has 1 aromatic carbocycles. The molecule has 0 saturated carbocycles. The molecular weight excluding hydrogens is 335 g/mol. The molecule has 5 nitrogen and oxygen atoms in total. The Morgan fingerprint density at radius 2 is 2.00 bits per heavy atom. The molecule has 0 aliphatic carbocycles. The number of nitro groups is 1. The fraction of sp³-hybridized carbons (Fsp3) is 0.400. The van der Waals surface area contributed by atoms with Crippen molar-refractivity contribution < 1.29 is 27.6 Å². The average molecular weight is 344 g/mol. The molecule has 9 heteroatoms. The SMILES string of the molecule is O=[N+]([O-])c1ccc(OCCOC(F)(F)F)c(CBr)c1. The van der Waals surface area contributed by atoms with Crippen LogP contribution in [-0.2, 0) is 10.1 Å². The summed E-state index contributed by atoms with van der Waals surface area (Å²) < 4.78 is 43.7. The number of non-ortho nitro benzene ring substituents is 1. The normalized spacial score (nSPS) is 11.4. The van der Waals surface area contributed by atoms with Crippen LogP contribution < -0.4 is 4.74 Å². The van der Waals surface area contributed by atoms with Crippen molar-refractivity contribution in [2.45, 2.75) is 11.7 Å². The van der Waals surface area contributed by atoms with Crippen LogP contribution in [-0.4, -0.2) is 24.5 Å². The summed E-state index contributed by atoms with van der Waals surface area (Å²) in [4.78, 5) is 9.99. The summed E-state index contributed by atoms with van der Waals surface area (Å²) in [6.45, 7) is -0.959. The molecule has 0 radical (unpaired) electrons. The Morgan fingerprint density at radius 3 is 2.53 bits per heavy atom. The van der Waals surface area contributed by atoms with E-state index in [2.05, 4.69) is 20.7 Å². The van der Waals surface area contributed by atoms with E-state index in [4.69, 9.17) is 4.74 Å². The Labute approximate surface area is 114 Å². The van der Waals surface area contributed by atoms with E-state index in [-0.39, 0.29) is 23.4 Å². The lowest BCUT2D eigenvalue weighted by Crippen LogP contribution is -2.18. The number of nitrogens with zero attached hydrogens (tertiary/aromatic N) is 1. The average Bonchev–Trinajstić information content (AvgIpc) is 2.33. The van der Waals surface area contributed by atoms with E-state index in [1.165, 1.54) is 18.2 Å². The van der Waals surface area contributed by atoms with Crippen molar-refractivity contribution in [2.24, 2.45) is 0 Å². The van der Waals surface area contributed by atoms with Gasteiger partial charge in [0.2, 0.25) is 0 Å². The molecule has 0 amide bonds. The maximum atomic E-state index is 11.7. The highest BCUT2D eigenvalue weighted by atomic mass is 79.9. The van der Waals surface area contributed by atoms with Gasteiger partial charge < -0.3 is 4.74 Å². The predicted molar refractivity (Wildman–Crippen MR) is 63.2 cm³/mol. The first kappa shape index (κ1) is 15.7. The van der Waals surface area contributed by atoms with Crippen LogP contribution in [0.2, 0.25) is 0 Å². The Hall–Kier alpha value is -1.35. The van der Waals surface area contributed by atoms with Crippen molar-refractivity contribution in [1.82, 2.24) is 0 Å². The number of nitro benzene ring substituents is 1. The van der Waals surface area contributed by atoms with Gasteiger partial charge in [-0.15, -0.1) is 13.2 Å². The quantitative estimate of drug-likeness (QED) is 0.343. The second-order valence-electron chi connectivity index (χ2n) is 3.33. The summed E-state index contributed by atoms with van der Waals surface area (Å²) >= 11 is 3.12. The molecule has 0 saturated heterocycles. The molecule has 106 valence electrons. The number of alkyl halides is 4. The Morgan fingerprint density at radius 1 is 1.32 bits per heavy atom. The number of halogens is 4. The van der Waals surface area contributed by atoms with Gasteiger partial charge >= 0.3 is 6.36 Å². The van der Waals surface area contributed by atoms with Crippen molar-refractivity contribution in [3.63, 3.8) is 0 Å². The summed E-state index contributed by atoms with van der Waals surface area (Å²) in [6.07, 6.45) is -4.70. The first-order valence-corrected chi connectivity index (χ1v) is 6.12. The molecule has 0 aliphatic rings. The van der Waals surface area contributed by atoms with Crippen molar-refractivity contribution in [3.8, 4) is 5.75 Å². The zero-order valence-corrected chi connectivity index (χ0v) is 11.0. The summed E-state index contributed by atoms with van der Waals surface area (Å²) in [5.74, 6) is 0.272. The third kappa shape index (κ3) is 5.43. The van der Waals surface area contributed by atoms with Crippen LogP contribution in [0.25, 0.3) is 0 Å². The van der Waals surface area contributed by atoms with E-state index in [0.717, 1.165) is 0 Å². The molecule has 0 N–H and O–H groups in total. The molecule has 0 spiro atoms. The van der Waals surface area contributed by atoms with E-state index >= 15 is 0 Å². The molecule has 0 atom stereocenters. The third-order valence-electron chi connectivity index (χ3n) is 2.01. The maximum Gasteiger partial charge on any atom is 0.522 e. The minimum Gasteiger partial charge on any atom is -0.491 e. The zero-order valence-electron chi connectivity index (χ0n) is 9.45. The van der Waals surface area contributed by atoms with E-state index in [0.29, 0.717) is 5.56 Å². The monoisotopic (exact) mass is 343 g/mol. The molecule has 0 aliphatic heterocycles. The van der Waals surface area contributed by atoms with Crippen LogP contribution >= 0.6 is 15.9 Å². The number of hydrogen-bond acceptors (Lipinski definition) is 4. The van der Waals surface area contributed by atoms with E-state index < -0.39 is 17.9 Å². The highest BCUT2D eigenvalue weighted by Crippen LogP contribution is 2.26. The second kappa shape index (κ2) is 6.71. The topological polar surface area (TPSA) is 61.6 Å². The van der Waals surface area contributed by atoms with Gasteiger partial charge in [-0.05, 0) is 6.07 Å². The summed E-state index contributed by atoms with van der Waals surface area (Å²) in [5.41, 5.74) is 0.356. The molecule has 1 aromatic rings. The number of benzene rings is 1. The lowest BCUT2D eigenvalue weighted by molar-refractivity contribution is -0.384. The molecule has 0 fully saturated rings. The Bertz CT molecular complexity index is 453. The molecule has 1 rings (SSSR count). The van der Waals surface area contributed by atoms with Gasteiger partial charge in [0.1, 0.15) is 12.4 Å². The standard InChI is InChI=1S/C10H9BrF3NO4/c11-6-7-5-8(15(16)17)1-2-9(7)18-3-4-19-10(12,13)14/h1-2,5H,3-4,6H2. The van der Waals surface area contributed by atoms with Crippen molar-refractivity contribution in [1.29, 1.82) is 0 Å². The van der Waals surface area contributed by atoms with Gasteiger partial charge in [-0.2, -0.15) is 0 Å². The van der Waals surface area contributed by atoms with Crippen molar-refractivity contribution in [2.75, 3.05) is 13.2 Å². The molecule has 0 bridgehead atoms. The van der Waals surface area contributed by atoms with Crippen LogP contribution in [0.15, 0.2) is 18.2 Å². The number of ether oxygens (including phenoxy) is 2. The highest BCUT2D eigenvalue weighted by molar-refractivity contribution is 9.08. The van der Waals surface area contributed by atoms with Crippen LogP contribution in [0.5, 0.6) is 5.75 Å². The van der Waals surface area contributed by atoms with Crippen LogP contribution in [0, 0.1) is 10.1 Å². The minimum absolute atomic E-state index is 0.117. The van der Waals surface area contributed by atoms with Crippen molar-refractivity contribution >= 4 is 21.6 Å². The van der Waals surface area contributed by atoms with Gasteiger partial charge in [-0.1, -0.05) is 15.9 Å². The van der Waals surface area contributed by atoms with Crippen LogP contribution in [0.4, 0.5) is 18.9 Å². The molecule has 19 heavy (non-hydrogen) atoms. The van der Waals surface area contributed by atoms with Crippen LogP contribution in [0.3, 0.4) is 0 Å². The minimum atomic E-state index is -4.70. The van der Waals surface area contributed by atoms with E-state index in [1.54, 1.807) is 0 Å². The lowest BCUT2D eigenvalue weighted by Gasteiger charge is -2.11. The number of hydrogen-bond donors (Lipinski definition) is 0. The fourth-order valence-electron chi connectivity index (χ4n) is 1.23. The molecule has 0 heterocycles. The van der Waals surface area contributed by atoms with Gasteiger partial charge in [-0.25, -0.2) is 0 Å². The van der Waals surface area contributed by atoms with Crippen LogP contribution in [0.1, 0.15) is 5.56 Å². The first-order chi connectivity index (χ1) is 8.83. The smallest absolute Gasteiger partial charge is 0.491 e. The summed E-state index contributed by atoms with van der Waals surface area (Å²) in [5, 5.41) is 10.8. The zero-order chi connectivity index (χ0) is 14.5. The molecular formula is C10H9BrF3NO4. The predicted octanol–water partition coefficient (Wildman–Crippen LogP) is 3.40. The summed E-state index contributed by atoms with van der Waals surface area (Å²) in [7, 11) is 0. The first-order valence-electron chi connectivity index (χ1n) is 5.00. The molecule has 0 aromatic heterocycles. The van der Waals surface area contributed by atoms with Gasteiger partial charge in [0.25, 0.3) is 5.69 Å². The largest absolute Gasteiger partial charge is 0.522 e. The third-order valence-corrected chi connectivity index (χ3v) is 2.61. The molecule has 0 unspecified atom stereocenters. The fourth-order valence-corrected chi connectivity index (χ4v) is 1.67. The maximum absolute atomic E-state index is 11.7. The Balaban J connectivity index is 2.61. The second-order valence-corrected chi connectivity index (χ2v) is 3.89. The lowest BCUT2D eigenvalue weighted by atomic mass is 10.2. The van der Waals surface area contributed by atoms with Gasteiger partial charge in [-0.3, -0.25) is 14.9 Å². The highest BCUT2D eigenvalue weighted by Gasteiger charge is 2.28. The number of rotatable bonds is 6. The van der Waals surface area contributed by atoms with Gasteiger partial charge in [0.05, 0.1) is 11.5 Å². The summed E-state index contributed by atoms with van der Waals surface area (Å²) in [6, 6.07) is 3.84. The Kier molecular flexibility index (Phi) is 5.55. The van der Waals surface area contributed by atoms with E-state index in [1.807, 2.05) is 0 Å². The van der Waals surface area contributed by atoms with E-state index in [9.17, 15) is 23.3 Å². The van der Waals surface area contributed by atoms with Gasteiger partial charge in [0.15, 0.2) is 0 Å².